The van der Waals surface area contributed by atoms with E-state index in [4.69, 9.17) is 5.11 Å². The quantitative estimate of drug-likeness (QED) is 0.852. The number of carboxylic acids is 1. The Morgan fingerprint density at radius 1 is 1.41 bits per heavy atom. The topological polar surface area (TPSA) is 66.0 Å². The highest BCUT2D eigenvalue weighted by Gasteiger charge is 2.28. The van der Waals surface area contributed by atoms with Crippen LogP contribution in [0.4, 0.5) is 13.2 Å². The van der Waals surface area contributed by atoms with Crippen molar-refractivity contribution in [3.05, 3.63) is 29.5 Å². The van der Waals surface area contributed by atoms with Gasteiger partial charge in [0.25, 0.3) is 0 Å². The number of fused-ring (bicyclic) bond motifs is 1. The van der Waals surface area contributed by atoms with E-state index in [-0.39, 0.29) is 16.6 Å². The molecule has 0 amide bonds. The number of alkyl halides is 3. The number of halogens is 3. The van der Waals surface area contributed by atoms with Gasteiger partial charge in [0.2, 0.25) is 0 Å². The zero-order chi connectivity index (χ0) is 12.6. The minimum atomic E-state index is -4.32. The summed E-state index contributed by atoms with van der Waals surface area (Å²) in [6.07, 6.45) is -5.41. The molecule has 1 aromatic heterocycles. The largest absolute Gasteiger partial charge is 0.476 e. The van der Waals surface area contributed by atoms with Gasteiger partial charge in [-0.2, -0.15) is 18.3 Å². The Hall–Kier alpha value is -2.05. The number of rotatable bonds is 2. The van der Waals surface area contributed by atoms with Crippen LogP contribution in [0, 0.1) is 0 Å². The maximum Gasteiger partial charge on any atom is 0.393 e. The molecule has 0 radical (unpaired) electrons. The molecule has 1 aromatic carbocycles. The van der Waals surface area contributed by atoms with Crippen molar-refractivity contribution < 1.29 is 23.1 Å². The molecule has 7 heteroatoms. The number of hydrogen-bond acceptors (Lipinski definition) is 2. The fourth-order valence-corrected chi connectivity index (χ4v) is 1.57. The van der Waals surface area contributed by atoms with Crippen molar-refractivity contribution in [3.63, 3.8) is 0 Å². The summed E-state index contributed by atoms with van der Waals surface area (Å²) in [4.78, 5) is 10.8. The zero-order valence-electron chi connectivity index (χ0n) is 8.38. The molecule has 0 aliphatic carbocycles. The van der Waals surface area contributed by atoms with E-state index >= 15 is 0 Å². The summed E-state index contributed by atoms with van der Waals surface area (Å²) in [7, 11) is 0. The van der Waals surface area contributed by atoms with Gasteiger partial charge >= 0.3 is 12.1 Å². The van der Waals surface area contributed by atoms with Crippen molar-refractivity contribution in [2.24, 2.45) is 0 Å². The third-order valence-electron chi connectivity index (χ3n) is 2.23. The van der Waals surface area contributed by atoms with Gasteiger partial charge in [0.05, 0.1) is 11.9 Å². The summed E-state index contributed by atoms with van der Waals surface area (Å²) in [6.45, 7) is 0. The Morgan fingerprint density at radius 3 is 2.71 bits per heavy atom. The van der Waals surface area contributed by atoms with Crippen molar-refractivity contribution in [2.45, 2.75) is 12.6 Å². The molecule has 0 saturated heterocycles. The van der Waals surface area contributed by atoms with Gasteiger partial charge < -0.3 is 5.11 Å². The number of nitrogens with zero attached hydrogens (tertiary/aromatic N) is 1. The maximum absolute atomic E-state index is 12.2. The van der Waals surface area contributed by atoms with E-state index in [1.165, 1.54) is 18.2 Å². The fourth-order valence-electron chi connectivity index (χ4n) is 1.57. The molecule has 0 unspecified atom stereocenters. The molecule has 4 nitrogen and oxygen atoms in total. The number of nitrogens with one attached hydrogen (secondary N) is 1. The highest BCUT2D eigenvalue weighted by molar-refractivity contribution is 6.01. The lowest BCUT2D eigenvalue weighted by molar-refractivity contribution is -0.127. The summed E-state index contributed by atoms with van der Waals surface area (Å²) in [6, 6.07) is 3.87. The molecule has 90 valence electrons. The number of benzene rings is 1. The SMILES string of the molecule is O=C(O)c1n[nH]c2ccc(CC(F)(F)F)cc12. The van der Waals surface area contributed by atoms with E-state index in [2.05, 4.69) is 10.2 Å². The van der Waals surface area contributed by atoms with Crippen LogP contribution in [-0.2, 0) is 6.42 Å². The minimum absolute atomic E-state index is 0.00824. The predicted octanol–water partition coefficient (Wildman–Crippen LogP) is 2.37. The molecule has 0 aliphatic rings. The smallest absolute Gasteiger partial charge is 0.393 e. The molecule has 1 heterocycles. The fraction of sp³-hybridized carbons (Fsp3) is 0.200. The highest BCUT2D eigenvalue weighted by atomic mass is 19.4. The van der Waals surface area contributed by atoms with Gasteiger partial charge in [-0.3, -0.25) is 5.10 Å². The highest BCUT2D eigenvalue weighted by Crippen LogP contribution is 2.24. The van der Waals surface area contributed by atoms with Gasteiger partial charge in [0, 0.05) is 5.39 Å². The van der Waals surface area contributed by atoms with Crippen LogP contribution in [0.2, 0.25) is 0 Å². The molecule has 2 rings (SSSR count). The Labute approximate surface area is 93.1 Å². The molecule has 2 aromatic rings. The van der Waals surface area contributed by atoms with Gasteiger partial charge in [0.15, 0.2) is 5.69 Å². The molecular formula is C10H7F3N2O2. The van der Waals surface area contributed by atoms with E-state index in [1.54, 1.807) is 0 Å². The van der Waals surface area contributed by atoms with Gasteiger partial charge in [0.1, 0.15) is 0 Å². The van der Waals surface area contributed by atoms with Crippen molar-refractivity contribution in [3.8, 4) is 0 Å². The van der Waals surface area contributed by atoms with Crippen molar-refractivity contribution in [1.82, 2.24) is 10.2 Å². The first-order valence-corrected chi connectivity index (χ1v) is 4.64. The molecule has 0 fully saturated rings. The van der Waals surface area contributed by atoms with Gasteiger partial charge in [-0.25, -0.2) is 4.79 Å². The summed E-state index contributed by atoms with van der Waals surface area (Å²) in [5.74, 6) is -1.28. The van der Waals surface area contributed by atoms with E-state index in [0.29, 0.717) is 5.52 Å². The molecule has 0 atom stereocenters. The first kappa shape index (κ1) is 11.4. The van der Waals surface area contributed by atoms with Gasteiger partial charge in [-0.1, -0.05) is 6.07 Å². The van der Waals surface area contributed by atoms with E-state index in [9.17, 15) is 18.0 Å². The van der Waals surface area contributed by atoms with Crippen LogP contribution in [0.1, 0.15) is 16.1 Å². The molecule has 0 aliphatic heterocycles. The molecule has 0 spiro atoms. The normalized spacial score (nSPS) is 11.9. The average Bonchev–Trinajstić information content (AvgIpc) is 2.57. The molecule has 17 heavy (non-hydrogen) atoms. The lowest BCUT2D eigenvalue weighted by Crippen LogP contribution is -2.11. The number of aromatic nitrogens is 2. The van der Waals surface area contributed by atoms with E-state index in [1.807, 2.05) is 0 Å². The second kappa shape index (κ2) is 3.76. The van der Waals surface area contributed by atoms with Crippen LogP contribution in [0.15, 0.2) is 18.2 Å². The van der Waals surface area contributed by atoms with E-state index < -0.39 is 18.6 Å². The first-order valence-electron chi connectivity index (χ1n) is 4.64. The van der Waals surface area contributed by atoms with Crippen LogP contribution in [-0.4, -0.2) is 27.4 Å². The predicted molar refractivity (Wildman–Crippen MR) is 52.8 cm³/mol. The summed E-state index contributed by atoms with van der Waals surface area (Å²) < 4.78 is 36.6. The number of hydrogen-bond donors (Lipinski definition) is 2. The van der Waals surface area contributed by atoms with Gasteiger partial charge in [-0.05, 0) is 17.7 Å². The summed E-state index contributed by atoms with van der Waals surface area (Å²) >= 11 is 0. The number of H-pyrrole nitrogens is 1. The molecular weight excluding hydrogens is 237 g/mol. The van der Waals surface area contributed by atoms with Crippen molar-refractivity contribution >= 4 is 16.9 Å². The third-order valence-corrected chi connectivity index (χ3v) is 2.23. The van der Waals surface area contributed by atoms with Crippen LogP contribution in [0.3, 0.4) is 0 Å². The first-order chi connectivity index (χ1) is 7.87. The Balaban J connectivity index is 2.48. The summed E-state index contributed by atoms with van der Waals surface area (Å²) in [5, 5.41) is 14.9. The molecule has 0 bridgehead atoms. The average molecular weight is 244 g/mol. The zero-order valence-corrected chi connectivity index (χ0v) is 8.38. The summed E-state index contributed by atoms with van der Waals surface area (Å²) in [5.41, 5.74) is 0.131. The second-order valence-electron chi connectivity index (χ2n) is 3.55. The number of carbonyl (C=O) groups is 1. The third kappa shape index (κ3) is 2.38. The number of carboxylic acid groups (broad SMARTS) is 1. The lowest BCUT2D eigenvalue weighted by atomic mass is 10.1. The Morgan fingerprint density at radius 2 is 2.12 bits per heavy atom. The Bertz CT molecular complexity index is 574. The standard InChI is InChI=1S/C10H7F3N2O2/c11-10(12,13)4-5-1-2-7-6(3-5)8(9(16)17)15-14-7/h1-3H,4H2,(H,14,15)(H,16,17). The van der Waals surface area contributed by atoms with Crippen LogP contribution in [0.25, 0.3) is 10.9 Å². The maximum atomic E-state index is 12.2. The van der Waals surface area contributed by atoms with Crippen molar-refractivity contribution in [2.75, 3.05) is 0 Å². The number of aromatic carboxylic acids is 1. The van der Waals surface area contributed by atoms with E-state index in [0.717, 1.165) is 0 Å². The lowest BCUT2D eigenvalue weighted by Gasteiger charge is -2.05. The minimum Gasteiger partial charge on any atom is -0.476 e. The second-order valence-corrected chi connectivity index (χ2v) is 3.55. The molecule has 2 N–H and O–H groups in total. The molecule has 0 saturated carbocycles. The monoisotopic (exact) mass is 244 g/mol. The Kier molecular flexibility index (Phi) is 2.53. The number of aromatic amines is 1. The van der Waals surface area contributed by atoms with Crippen LogP contribution < -0.4 is 0 Å². The van der Waals surface area contributed by atoms with Crippen LogP contribution in [0.5, 0.6) is 0 Å². The van der Waals surface area contributed by atoms with Crippen LogP contribution >= 0.6 is 0 Å². The van der Waals surface area contributed by atoms with Crippen molar-refractivity contribution in [1.29, 1.82) is 0 Å². The van der Waals surface area contributed by atoms with Gasteiger partial charge in [-0.15, -0.1) is 0 Å².